The zero-order chi connectivity index (χ0) is 21.6. The smallest absolute Gasteiger partial charge is 0.410 e. The number of ether oxygens (including phenoxy) is 2. The van der Waals surface area contributed by atoms with E-state index in [9.17, 15) is 9.59 Å². The molecule has 2 heterocycles. The van der Waals surface area contributed by atoms with E-state index < -0.39 is 5.60 Å². The number of carbonyl (C=O) groups is 2. The first kappa shape index (κ1) is 22.6. The van der Waals surface area contributed by atoms with Crippen molar-refractivity contribution in [3.63, 3.8) is 0 Å². The van der Waals surface area contributed by atoms with Crippen molar-refractivity contribution in [2.45, 2.75) is 45.3 Å². The Labute approximate surface area is 179 Å². The Morgan fingerprint density at radius 2 is 1.87 bits per heavy atom. The molecule has 0 radical (unpaired) electrons. The maximum atomic E-state index is 13.1. The molecule has 1 aromatic rings. The van der Waals surface area contributed by atoms with E-state index in [0.29, 0.717) is 13.1 Å². The molecule has 2 aliphatic rings. The van der Waals surface area contributed by atoms with Gasteiger partial charge in [-0.05, 0) is 39.2 Å². The van der Waals surface area contributed by atoms with Gasteiger partial charge in [-0.25, -0.2) is 4.79 Å². The number of nitrogens with one attached hydrogen (secondary N) is 1. The number of amides is 2. The fourth-order valence-corrected chi connectivity index (χ4v) is 3.93. The van der Waals surface area contributed by atoms with Crippen LogP contribution in [-0.2, 0) is 14.3 Å². The van der Waals surface area contributed by atoms with Crippen LogP contribution in [0.4, 0.5) is 4.79 Å². The zero-order valence-corrected chi connectivity index (χ0v) is 18.4. The molecule has 0 unspecified atom stereocenters. The maximum absolute atomic E-state index is 13.1. The summed E-state index contributed by atoms with van der Waals surface area (Å²) in [7, 11) is 0. The molecule has 2 fully saturated rings. The molecule has 2 aliphatic heterocycles. The van der Waals surface area contributed by atoms with Crippen LogP contribution in [0.5, 0.6) is 0 Å². The quantitative estimate of drug-likeness (QED) is 0.798. The van der Waals surface area contributed by atoms with Crippen LogP contribution in [0.2, 0.25) is 0 Å². The summed E-state index contributed by atoms with van der Waals surface area (Å²) in [4.78, 5) is 29.6. The number of piperidine rings is 1. The van der Waals surface area contributed by atoms with Crippen LogP contribution in [0.25, 0.3) is 0 Å². The van der Waals surface area contributed by atoms with Crippen molar-refractivity contribution in [1.82, 2.24) is 15.1 Å². The lowest BCUT2D eigenvalue weighted by molar-refractivity contribution is -0.127. The van der Waals surface area contributed by atoms with Gasteiger partial charge in [0.15, 0.2) is 0 Å². The summed E-state index contributed by atoms with van der Waals surface area (Å²) >= 11 is 0. The summed E-state index contributed by atoms with van der Waals surface area (Å²) in [5.74, 6) is -0.215. The Bertz CT molecular complexity index is 698. The fourth-order valence-electron chi connectivity index (χ4n) is 3.93. The monoisotopic (exact) mass is 417 g/mol. The van der Waals surface area contributed by atoms with Crippen LogP contribution >= 0.6 is 0 Å². The number of nitrogens with zero attached hydrogens (tertiary/aromatic N) is 2. The van der Waals surface area contributed by atoms with E-state index in [2.05, 4.69) is 22.3 Å². The number of hydrogen-bond acceptors (Lipinski definition) is 5. The molecule has 7 nitrogen and oxygen atoms in total. The van der Waals surface area contributed by atoms with Gasteiger partial charge in [0.1, 0.15) is 5.60 Å². The van der Waals surface area contributed by atoms with Gasteiger partial charge in [0.05, 0.1) is 25.2 Å². The second-order valence-corrected chi connectivity index (χ2v) is 9.15. The van der Waals surface area contributed by atoms with Crippen LogP contribution in [-0.4, -0.2) is 73.3 Å². The van der Waals surface area contributed by atoms with Gasteiger partial charge in [-0.3, -0.25) is 9.69 Å². The lowest BCUT2D eigenvalue weighted by atomic mass is 9.96. The third-order valence-corrected chi connectivity index (χ3v) is 5.51. The average Bonchev–Trinajstić information content (AvgIpc) is 2.73. The van der Waals surface area contributed by atoms with Crippen LogP contribution in [0, 0.1) is 5.92 Å². The fraction of sp³-hybridized carbons (Fsp3) is 0.652. The number of carbonyl (C=O) groups excluding carboxylic acids is 2. The van der Waals surface area contributed by atoms with Crippen LogP contribution in [0.3, 0.4) is 0 Å². The Hall–Kier alpha value is -2.12. The zero-order valence-electron chi connectivity index (χ0n) is 18.4. The maximum Gasteiger partial charge on any atom is 0.410 e. The van der Waals surface area contributed by atoms with E-state index in [0.717, 1.165) is 51.3 Å². The van der Waals surface area contributed by atoms with E-state index >= 15 is 0 Å². The Balaban J connectivity index is 1.63. The summed E-state index contributed by atoms with van der Waals surface area (Å²) in [5, 5.41) is 3.26. The van der Waals surface area contributed by atoms with Gasteiger partial charge in [-0.15, -0.1) is 0 Å². The van der Waals surface area contributed by atoms with Crippen molar-refractivity contribution in [2.75, 3.05) is 45.9 Å². The first-order valence-corrected chi connectivity index (χ1v) is 11.0. The first-order chi connectivity index (χ1) is 14.3. The Morgan fingerprint density at radius 1 is 1.17 bits per heavy atom. The third kappa shape index (κ3) is 6.71. The molecule has 30 heavy (non-hydrogen) atoms. The van der Waals surface area contributed by atoms with Crippen molar-refractivity contribution in [1.29, 1.82) is 0 Å². The number of hydrogen-bond donors (Lipinski definition) is 1. The summed E-state index contributed by atoms with van der Waals surface area (Å²) in [6, 6.07) is 10.0. The van der Waals surface area contributed by atoms with Crippen molar-refractivity contribution < 1.29 is 19.1 Å². The summed E-state index contributed by atoms with van der Waals surface area (Å²) < 4.78 is 10.9. The van der Waals surface area contributed by atoms with Gasteiger partial charge >= 0.3 is 6.09 Å². The number of benzene rings is 1. The normalized spacial score (nSPS) is 21.7. The van der Waals surface area contributed by atoms with Crippen molar-refractivity contribution in [3.05, 3.63) is 35.9 Å². The molecule has 0 spiro atoms. The highest BCUT2D eigenvalue weighted by Crippen LogP contribution is 2.22. The summed E-state index contributed by atoms with van der Waals surface area (Å²) in [6.07, 6.45) is 1.24. The summed E-state index contributed by atoms with van der Waals surface area (Å²) in [6.45, 7) is 10.5. The molecule has 2 saturated heterocycles. The van der Waals surface area contributed by atoms with Crippen LogP contribution in [0.1, 0.15) is 45.2 Å². The number of rotatable bonds is 5. The molecule has 0 aliphatic carbocycles. The van der Waals surface area contributed by atoms with Crippen molar-refractivity contribution in [3.8, 4) is 0 Å². The molecule has 2 atom stereocenters. The Morgan fingerprint density at radius 3 is 2.53 bits per heavy atom. The molecule has 1 N–H and O–H groups in total. The van der Waals surface area contributed by atoms with Crippen molar-refractivity contribution in [2.24, 2.45) is 5.92 Å². The number of morpholine rings is 1. The molecular weight excluding hydrogens is 382 g/mol. The minimum atomic E-state index is -0.539. The molecule has 166 valence electrons. The van der Waals surface area contributed by atoms with Gasteiger partial charge < -0.3 is 19.7 Å². The van der Waals surface area contributed by atoms with Gasteiger partial charge in [-0.2, -0.15) is 0 Å². The molecule has 0 bridgehead atoms. The minimum Gasteiger partial charge on any atom is -0.444 e. The average molecular weight is 418 g/mol. The molecule has 2 amide bonds. The lowest BCUT2D eigenvalue weighted by Gasteiger charge is -2.35. The molecule has 0 aromatic heterocycles. The molecule has 0 saturated carbocycles. The second-order valence-electron chi connectivity index (χ2n) is 9.15. The molecular formula is C23H35N3O4. The molecule has 1 aromatic carbocycles. The van der Waals surface area contributed by atoms with Gasteiger partial charge in [-0.1, -0.05) is 30.3 Å². The van der Waals surface area contributed by atoms with Gasteiger partial charge in [0.25, 0.3) is 0 Å². The predicted molar refractivity (Wildman–Crippen MR) is 115 cm³/mol. The lowest BCUT2D eigenvalue weighted by Crippen LogP contribution is -2.49. The van der Waals surface area contributed by atoms with Crippen LogP contribution in [0.15, 0.2) is 30.3 Å². The first-order valence-electron chi connectivity index (χ1n) is 11.0. The summed E-state index contributed by atoms with van der Waals surface area (Å²) in [5.41, 5.74) is 0.556. The second kappa shape index (κ2) is 10.3. The highest BCUT2D eigenvalue weighted by Gasteiger charge is 2.32. The SMILES string of the molecule is CC(C)(C)OC(=O)N1CCC[C@@H](C(=O)N[C@@H](CN2CCOCC2)c2ccccc2)C1. The predicted octanol–water partition coefficient (Wildman–Crippen LogP) is 2.82. The standard InChI is InChI=1S/C23H35N3O4/c1-23(2,3)30-22(28)26-11-7-10-19(16-26)21(27)24-20(18-8-5-4-6-9-18)17-25-12-14-29-15-13-25/h4-6,8-9,19-20H,7,10-17H2,1-3H3,(H,24,27)/t19-,20+/m1/s1. The van der Waals surface area contributed by atoms with Crippen molar-refractivity contribution >= 4 is 12.0 Å². The highest BCUT2D eigenvalue weighted by molar-refractivity contribution is 5.80. The van der Waals surface area contributed by atoms with E-state index in [-0.39, 0.29) is 24.0 Å². The topological polar surface area (TPSA) is 71.1 Å². The highest BCUT2D eigenvalue weighted by atomic mass is 16.6. The van der Waals surface area contributed by atoms with Crippen LogP contribution < -0.4 is 5.32 Å². The third-order valence-electron chi connectivity index (χ3n) is 5.51. The van der Waals surface area contributed by atoms with Gasteiger partial charge in [0, 0.05) is 32.7 Å². The minimum absolute atomic E-state index is 0.00497. The largest absolute Gasteiger partial charge is 0.444 e. The van der Waals surface area contributed by atoms with E-state index in [4.69, 9.17) is 9.47 Å². The van der Waals surface area contributed by atoms with E-state index in [1.165, 1.54) is 0 Å². The molecule has 7 heteroatoms. The van der Waals surface area contributed by atoms with Gasteiger partial charge in [0.2, 0.25) is 5.91 Å². The Kier molecular flexibility index (Phi) is 7.72. The number of likely N-dealkylation sites (tertiary alicyclic amines) is 1. The molecule has 3 rings (SSSR count). The van der Waals surface area contributed by atoms with E-state index in [1.807, 2.05) is 39.0 Å². The van der Waals surface area contributed by atoms with E-state index in [1.54, 1.807) is 4.90 Å².